The fourth-order valence-electron chi connectivity index (χ4n) is 3.70. The summed E-state index contributed by atoms with van der Waals surface area (Å²) < 4.78 is 77.9. The average Bonchev–Trinajstić information content (AvgIpc) is 2.68. The van der Waals surface area contributed by atoms with Crippen molar-refractivity contribution in [1.82, 2.24) is 16.0 Å². The molecule has 1 fully saturated rings. The summed E-state index contributed by atoms with van der Waals surface area (Å²) in [7, 11) is 0. The molecule has 11 heteroatoms. The topological polar surface area (TPSA) is 70.2 Å². The van der Waals surface area contributed by atoms with Crippen LogP contribution in [0.3, 0.4) is 0 Å². The van der Waals surface area contributed by atoms with Gasteiger partial charge in [0.25, 0.3) is 5.91 Å². The number of rotatable bonds is 6. The summed E-state index contributed by atoms with van der Waals surface area (Å²) in [6.45, 7) is 5.98. The van der Waals surface area contributed by atoms with E-state index in [4.69, 9.17) is 0 Å². The van der Waals surface area contributed by atoms with Crippen molar-refractivity contribution < 1.29 is 35.9 Å². The molecule has 1 aliphatic carbocycles. The predicted octanol–water partition coefficient (Wildman–Crippen LogP) is 4.52. The normalized spacial score (nSPS) is 19.8. The molecule has 2 rings (SSSR count). The number of hydrogen-bond acceptors (Lipinski definition) is 3. The molecule has 2 amide bonds. The number of amides is 2. The number of carbonyl (C=O) groups is 2. The van der Waals surface area contributed by atoms with E-state index in [1.165, 1.54) is 0 Å². The van der Waals surface area contributed by atoms with E-state index >= 15 is 0 Å². The second kappa shape index (κ2) is 10.3. The Morgan fingerprint density at radius 3 is 1.85 bits per heavy atom. The lowest BCUT2D eigenvalue weighted by molar-refractivity contribution is -0.143. The quantitative estimate of drug-likeness (QED) is 0.524. The molecule has 0 heterocycles. The molecule has 1 aromatic rings. The first-order valence-electron chi connectivity index (χ1n) is 10.7. The largest absolute Gasteiger partial charge is 0.416 e. The van der Waals surface area contributed by atoms with Gasteiger partial charge in [0.2, 0.25) is 5.91 Å². The van der Waals surface area contributed by atoms with Crippen molar-refractivity contribution in [2.45, 2.75) is 70.4 Å². The highest BCUT2D eigenvalue weighted by Crippen LogP contribution is 2.36. The van der Waals surface area contributed by atoms with Crippen molar-refractivity contribution in [1.29, 1.82) is 0 Å². The zero-order valence-corrected chi connectivity index (χ0v) is 18.7. The van der Waals surface area contributed by atoms with E-state index < -0.39 is 35.0 Å². The maximum Gasteiger partial charge on any atom is 0.416 e. The molecule has 1 saturated carbocycles. The minimum Gasteiger partial charge on any atom is -0.352 e. The maximum atomic E-state index is 13.0. The van der Waals surface area contributed by atoms with Crippen molar-refractivity contribution in [2.75, 3.05) is 13.1 Å². The monoisotopic (exact) mass is 481 g/mol. The second-order valence-corrected chi connectivity index (χ2v) is 9.40. The Kier molecular flexibility index (Phi) is 8.42. The summed E-state index contributed by atoms with van der Waals surface area (Å²) in [6.07, 6.45) is -7.13. The average molecular weight is 481 g/mol. The van der Waals surface area contributed by atoms with Crippen molar-refractivity contribution >= 4 is 11.8 Å². The lowest BCUT2D eigenvalue weighted by atomic mass is 9.86. The van der Waals surface area contributed by atoms with E-state index in [0.717, 1.165) is 12.8 Å². The molecular formula is C22H29F6N3O2. The third-order valence-corrected chi connectivity index (χ3v) is 5.31. The second-order valence-electron chi connectivity index (χ2n) is 9.40. The molecule has 1 aromatic carbocycles. The number of carbonyl (C=O) groups excluding carboxylic acids is 2. The van der Waals surface area contributed by atoms with E-state index in [-0.39, 0.29) is 42.6 Å². The minimum atomic E-state index is -5.01. The van der Waals surface area contributed by atoms with Crippen LogP contribution in [-0.4, -0.2) is 36.5 Å². The Balaban J connectivity index is 1.88. The Bertz CT molecular complexity index is 806. The summed E-state index contributed by atoms with van der Waals surface area (Å²) in [5, 5.41) is 8.49. The summed E-state index contributed by atoms with van der Waals surface area (Å²) in [5.74, 6) is -1.05. The van der Waals surface area contributed by atoms with Crippen LogP contribution in [-0.2, 0) is 17.1 Å². The number of nitrogens with one attached hydrogen (secondary N) is 3. The van der Waals surface area contributed by atoms with Crippen LogP contribution in [0.5, 0.6) is 0 Å². The fourth-order valence-corrected chi connectivity index (χ4v) is 3.70. The molecule has 186 valence electrons. The maximum absolute atomic E-state index is 13.0. The number of hydrogen-bond donors (Lipinski definition) is 3. The number of benzene rings is 1. The highest BCUT2D eigenvalue weighted by atomic mass is 19.4. The Hall–Kier alpha value is -2.30. The van der Waals surface area contributed by atoms with Gasteiger partial charge in [-0.25, -0.2) is 0 Å². The third-order valence-electron chi connectivity index (χ3n) is 5.31. The zero-order chi connectivity index (χ0) is 25.0. The molecule has 0 unspecified atom stereocenters. The highest BCUT2D eigenvalue weighted by Gasteiger charge is 2.37. The number of halogens is 6. The van der Waals surface area contributed by atoms with E-state index in [1.54, 1.807) is 0 Å². The number of alkyl halides is 6. The predicted molar refractivity (Wildman–Crippen MR) is 110 cm³/mol. The van der Waals surface area contributed by atoms with Crippen molar-refractivity contribution in [3.05, 3.63) is 34.9 Å². The Morgan fingerprint density at radius 1 is 0.879 bits per heavy atom. The van der Waals surface area contributed by atoms with Gasteiger partial charge in [-0.05, 0) is 70.6 Å². The highest BCUT2D eigenvalue weighted by molar-refractivity contribution is 5.94. The summed E-state index contributed by atoms with van der Waals surface area (Å²) in [4.78, 5) is 24.2. The molecule has 0 aliphatic heterocycles. The zero-order valence-electron chi connectivity index (χ0n) is 18.7. The van der Waals surface area contributed by atoms with E-state index in [2.05, 4.69) is 16.0 Å². The van der Waals surface area contributed by atoms with Crippen LogP contribution < -0.4 is 16.0 Å². The van der Waals surface area contributed by atoms with Crippen LogP contribution in [0.2, 0.25) is 0 Å². The van der Waals surface area contributed by atoms with Crippen LogP contribution in [0.1, 0.15) is 67.9 Å². The van der Waals surface area contributed by atoms with Crippen LogP contribution in [0.4, 0.5) is 26.3 Å². The molecule has 0 aromatic heterocycles. The van der Waals surface area contributed by atoms with Gasteiger partial charge in [0.05, 0.1) is 17.7 Å². The molecular weight excluding hydrogens is 452 g/mol. The summed E-state index contributed by atoms with van der Waals surface area (Å²) in [5.41, 5.74) is -4.05. The van der Waals surface area contributed by atoms with Crippen molar-refractivity contribution in [2.24, 2.45) is 5.92 Å². The molecule has 3 N–H and O–H groups in total. The SMILES string of the molecule is CC(C)(C)NC(=O)CN[C@H]1CC[C@@H](CNC(=O)c2cc(C(F)(F)F)cc(C(F)(F)F)c2)CC1. The first-order valence-corrected chi connectivity index (χ1v) is 10.7. The Morgan fingerprint density at radius 2 is 1.39 bits per heavy atom. The van der Waals surface area contributed by atoms with Crippen LogP contribution in [0.15, 0.2) is 18.2 Å². The molecule has 1 aliphatic rings. The van der Waals surface area contributed by atoms with E-state index in [0.29, 0.717) is 25.0 Å². The van der Waals surface area contributed by atoms with Gasteiger partial charge in [-0.15, -0.1) is 0 Å². The van der Waals surface area contributed by atoms with E-state index in [1.807, 2.05) is 20.8 Å². The van der Waals surface area contributed by atoms with Gasteiger partial charge >= 0.3 is 12.4 Å². The molecule has 33 heavy (non-hydrogen) atoms. The van der Waals surface area contributed by atoms with Crippen molar-refractivity contribution in [3.63, 3.8) is 0 Å². The van der Waals surface area contributed by atoms with Crippen LogP contribution >= 0.6 is 0 Å². The molecule has 0 saturated heterocycles. The lowest BCUT2D eigenvalue weighted by Gasteiger charge is -2.29. The standard InChI is InChI=1S/C22H29F6N3O2/c1-20(2,3)31-18(32)12-29-17-6-4-13(5-7-17)11-30-19(33)14-8-15(21(23,24)25)10-16(9-14)22(26,27)28/h8-10,13,17,29H,4-7,11-12H2,1-3H3,(H,30,33)(H,31,32)/t13-,17+. The third kappa shape index (κ3) is 8.87. The van der Waals surface area contributed by atoms with Gasteiger partial charge in [-0.2, -0.15) is 26.3 Å². The van der Waals surface area contributed by atoms with Crippen LogP contribution in [0.25, 0.3) is 0 Å². The van der Waals surface area contributed by atoms with Gasteiger partial charge in [-0.1, -0.05) is 0 Å². The Labute approximate surface area is 188 Å². The summed E-state index contributed by atoms with van der Waals surface area (Å²) >= 11 is 0. The molecule has 0 radical (unpaired) electrons. The van der Waals surface area contributed by atoms with Gasteiger partial charge in [0.1, 0.15) is 0 Å². The molecule has 0 spiro atoms. The van der Waals surface area contributed by atoms with Gasteiger partial charge in [0, 0.05) is 23.7 Å². The van der Waals surface area contributed by atoms with Gasteiger partial charge in [-0.3, -0.25) is 9.59 Å². The first-order chi connectivity index (χ1) is 15.0. The van der Waals surface area contributed by atoms with Crippen molar-refractivity contribution in [3.8, 4) is 0 Å². The smallest absolute Gasteiger partial charge is 0.352 e. The molecule has 0 atom stereocenters. The van der Waals surface area contributed by atoms with Gasteiger partial charge in [0.15, 0.2) is 0 Å². The molecule has 0 bridgehead atoms. The lowest BCUT2D eigenvalue weighted by Crippen LogP contribution is -2.47. The minimum absolute atomic E-state index is 0.00713. The fraction of sp³-hybridized carbons (Fsp3) is 0.636. The molecule has 5 nitrogen and oxygen atoms in total. The first kappa shape index (κ1) is 26.9. The van der Waals surface area contributed by atoms with E-state index in [9.17, 15) is 35.9 Å². The summed E-state index contributed by atoms with van der Waals surface area (Å²) in [6, 6.07) is 0.968. The van der Waals surface area contributed by atoms with Gasteiger partial charge < -0.3 is 16.0 Å². The van der Waals surface area contributed by atoms with Crippen LogP contribution in [0, 0.1) is 5.92 Å².